The average Bonchev–Trinajstić information content (AvgIpc) is 3.90. The van der Waals surface area contributed by atoms with Gasteiger partial charge in [0.15, 0.2) is 0 Å². The van der Waals surface area contributed by atoms with E-state index in [2.05, 4.69) is 21.4 Å². The van der Waals surface area contributed by atoms with Gasteiger partial charge in [0.2, 0.25) is 41.4 Å². The highest BCUT2D eigenvalue weighted by atomic mass is 16.5. The summed E-state index contributed by atoms with van der Waals surface area (Å²) in [4.78, 5) is 98.9. The SMILES string of the molecule is CC[C@H](C)[C@@H]([C@@H](CC(=O)N1CCC[C@H]1C(OC)[C@@H](C)C(=O)N[C@H](C)[C@@H](O)c1ccccc1)OC)N(C)C(=O)C(CNC(=O)C(C(C)C)N(C)C(=O)COC(C)(C)CCOC(C)(C)CCNC(=O)CCCCCC(=O)NN)C(C)C. The standard InChI is InChI=1S/C59H104N8O12/c1-17-40(6)52(46(76-15)35-49(70)67-33-24-27-45(67)54(77-16)41(7)55(73)63-42(8)53(72)43-25-20-18-21-26-43)66(14)57(75)44(38(2)3)36-62-56(74)51(39(4)5)65(13)50(71)37-79-59(11,12)31-34-78-58(9,10)30-32-61-47(68)28-22-19-23-29-48(69)64-60/h18,20-21,25-26,38-42,44-46,51-54,72H,17,19,22-24,27-37,60H2,1-16H3,(H,61,68)(H,62,74)(H,63,73)(H,64,69)/t40-,41+,42+,44?,45-,46+,51?,52-,53+,54?/m0/s1. The van der Waals surface area contributed by atoms with Crippen molar-refractivity contribution in [1.29, 1.82) is 0 Å². The van der Waals surface area contributed by atoms with Crippen LogP contribution < -0.4 is 27.2 Å². The molecule has 1 aromatic rings. The number of carbonyl (C=O) groups excluding carboxylic acids is 7. The van der Waals surface area contributed by atoms with E-state index >= 15 is 0 Å². The molecule has 1 saturated heterocycles. The van der Waals surface area contributed by atoms with E-state index in [1.807, 2.05) is 87.4 Å². The number of carbonyl (C=O) groups is 7. The summed E-state index contributed by atoms with van der Waals surface area (Å²) in [6.45, 7) is 23.8. The number of nitrogens with two attached hydrogens (primary N) is 1. The lowest BCUT2D eigenvalue weighted by Gasteiger charge is -2.41. The first kappa shape index (κ1) is 70.4. The van der Waals surface area contributed by atoms with Gasteiger partial charge in [-0.15, -0.1) is 0 Å². The Labute approximate surface area is 473 Å². The molecule has 0 saturated carbocycles. The van der Waals surface area contributed by atoms with Gasteiger partial charge in [0.1, 0.15) is 12.6 Å². The van der Waals surface area contributed by atoms with Crippen LogP contribution in [0.2, 0.25) is 0 Å². The van der Waals surface area contributed by atoms with Gasteiger partial charge in [0, 0.05) is 60.8 Å². The molecule has 0 aliphatic carbocycles. The number of hydrogen-bond acceptors (Lipinski definition) is 13. The lowest BCUT2D eigenvalue weighted by atomic mass is 9.87. The Hall–Kier alpha value is -4.73. The third-order valence-electron chi connectivity index (χ3n) is 15.9. The number of likely N-dealkylation sites (N-methyl/N-ethyl adjacent to an activating group) is 2. The normalized spacial score (nSPS) is 17.4. The lowest BCUT2D eigenvalue weighted by Crippen LogP contribution is -2.56. The van der Waals surface area contributed by atoms with Crippen molar-refractivity contribution >= 4 is 41.4 Å². The van der Waals surface area contributed by atoms with Gasteiger partial charge < -0.3 is 54.7 Å². The first-order valence-electron chi connectivity index (χ1n) is 28.8. The maximum Gasteiger partial charge on any atom is 0.249 e. The molecule has 79 heavy (non-hydrogen) atoms. The highest BCUT2D eigenvalue weighted by Gasteiger charge is 2.43. The molecule has 1 fully saturated rings. The zero-order chi connectivity index (χ0) is 59.8. The van der Waals surface area contributed by atoms with Crippen molar-refractivity contribution in [3.63, 3.8) is 0 Å². The van der Waals surface area contributed by atoms with Crippen molar-refractivity contribution in [1.82, 2.24) is 36.1 Å². The van der Waals surface area contributed by atoms with Crippen molar-refractivity contribution in [2.75, 3.05) is 61.2 Å². The van der Waals surface area contributed by atoms with Gasteiger partial charge in [0.25, 0.3) is 0 Å². The molecular formula is C59H104N8O12. The van der Waals surface area contributed by atoms with Crippen LogP contribution in [0.3, 0.4) is 0 Å². The number of nitrogens with zero attached hydrogens (tertiary/aromatic N) is 3. The van der Waals surface area contributed by atoms with Crippen LogP contribution in [-0.2, 0) is 52.5 Å². The fourth-order valence-corrected chi connectivity index (χ4v) is 10.4. The molecule has 1 aliphatic rings. The number of methoxy groups -OCH3 is 2. The number of hydrazine groups is 1. The number of benzene rings is 1. The van der Waals surface area contributed by atoms with Crippen LogP contribution in [0.1, 0.15) is 165 Å². The molecule has 7 amide bonds. The first-order valence-corrected chi connectivity index (χ1v) is 28.8. The molecule has 0 bridgehead atoms. The highest BCUT2D eigenvalue weighted by molar-refractivity contribution is 5.89. The second-order valence-electron chi connectivity index (χ2n) is 23.7. The number of aliphatic hydroxyl groups excluding tert-OH is 1. The predicted octanol–water partition coefficient (Wildman–Crippen LogP) is 5.44. The zero-order valence-electron chi connectivity index (χ0n) is 51.0. The van der Waals surface area contributed by atoms with Crippen molar-refractivity contribution < 1.29 is 57.6 Å². The Kier molecular flexibility index (Phi) is 30.8. The third kappa shape index (κ3) is 23.0. The number of hydrogen-bond donors (Lipinski definition) is 6. The van der Waals surface area contributed by atoms with E-state index in [9.17, 15) is 38.7 Å². The number of aliphatic hydroxyl groups is 1. The largest absolute Gasteiger partial charge is 0.386 e. The number of ether oxygens (including phenoxy) is 4. The number of rotatable bonds is 37. The summed E-state index contributed by atoms with van der Waals surface area (Å²) in [5.74, 6) is 1.53. The van der Waals surface area contributed by atoms with Gasteiger partial charge in [-0.3, -0.25) is 39.0 Å². The van der Waals surface area contributed by atoms with Crippen molar-refractivity contribution in [3.05, 3.63) is 35.9 Å². The summed E-state index contributed by atoms with van der Waals surface area (Å²) in [6, 6.07) is 6.81. The van der Waals surface area contributed by atoms with Crippen LogP contribution in [0, 0.1) is 29.6 Å². The number of unbranched alkanes of at least 4 members (excludes halogenated alkanes) is 2. The van der Waals surface area contributed by atoms with Gasteiger partial charge in [-0.25, -0.2) is 5.84 Å². The van der Waals surface area contributed by atoms with Crippen molar-refractivity contribution in [3.8, 4) is 0 Å². The summed E-state index contributed by atoms with van der Waals surface area (Å²) in [6.07, 6.45) is 3.70. The van der Waals surface area contributed by atoms with E-state index in [0.29, 0.717) is 76.6 Å². The summed E-state index contributed by atoms with van der Waals surface area (Å²) < 4.78 is 24.4. The molecule has 7 N–H and O–H groups in total. The number of nitrogens with one attached hydrogen (secondary N) is 4. The Morgan fingerprint density at radius 1 is 0.797 bits per heavy atom. The van der Waals surface area contributed by atoms with Gasteiger partial charge in [-0.1, -0.05) is 91.6 Å². The van der Waals surface area contributed by atoms with E-state index in [0.717, 1.165) is 12.8 Å². The lowest BCUT2D eigenvalue weighted by molar-refractivity contribution is -0.150. The van der Waals surface area contributed by atoms with Crippen LogP contribution in [0.5, 0.6) is 0 Å². The fraction of sp³-hybridized carbons (Fsp3) is 0.780. The summed E-state index contributed by atoms with van der Waals surface area (Å²) in [5, 5.41) is 19.8. The molecule has 1 heterocycles. The van der Waals surface area contributed by atoms with E-state index in [1.54, 1.807) is 64.1 Å². The van der Waals surface area contributed by atoms with Crippen LogP contribution in [-0.4, -0.2) is 170 Å². The summed E-state index contributed by atoms with van der Waals surface area (Å²) in [7, 11) is 6.39. The van der Waals surface area contributed by atoms with Crippen LogP contribution in [0.15, 0.2) is 30.3 Å². The molecule has 0 spiro atoms. The van der Waals surface area contributed by atoms with Crippen molar-refractivity contribution in [2.45, 2.75) is 207 Å². The fourth-order valence-electron chi connectivity index (χ4n) is 10.4. The molecule has 0 radical (unpaired) electrons. The van der Waals surface area contributed by atoms with Gasteiger partial charge in [-0.2, -0.15) is 0 Å². The van der Waals surface area contributed by atoms with Crippen molar-refractivity contribution in [2.24, 2.45) is 35.4 Å². The number of amides is 7. The second kappa shape index (κ2) is 34.5. The van der Waals surface area contributed by atoms with E-state index in [-0.39, 0.29) is 78.8 Å². The Morgan fingerprint density at radius 2 is 1.42 bits per heavy atom. The minimum atomic E-state index is -0.909. The number of likely N-dealkylation sites (tertiary alicyclic amines) is 1. The molecule has 452 valence electrons. The first-order chi connectivity index (χ1) is 37.1. The Bertz CT molecular complexity index is 2040. The molecule has 0 aromatic heterocycles. The topological polar surface area (TPSA) is 260 Å². The van der Waals surface area contributed by atoms with Gasteiger partial charge >= 0.3 is 0 Å². The monoisotopic (exact) mass is 1120 g/mol. The maximum atomic E-state index is 14.7. The summed E-state index contributed by atoms with van der Waals surface area (Å²) >= 11 is 0. The molecule has 1 aromatic carbocycles. The zero-order valence-corrected chi connectivity index (χ0v) is 51.0. The highest BCUT2D eigenvalue weighted by Crippen LogP contribution is 2.31. The summed E-state index contributed by atoms with van der Waals surface area (Å²) in [5.41, 5.74) is 1.52. The molecule has 20 nitrogen and oxygen atoms in total. The van der Waals surface area contributed by atoms with Crippen LogP contribution in [0.4, 0.5) is 0 Å². The maximum absolute atomic E-state index is 14.7. The van der Waals surface area contributed by atoms with Crippen LogP contribution >= 0.6 is 0 Å². The third-order valence-corrected chi connectivity index (χ3v) is 15.9. The van der Waals surface area contributed by atoms with E-state index in [1.165, 1.54) is 4.90 Å². The smallest absolute Gasteiger partial charge is 0.249 e. The van der Waals surface area contributed by atoms with Gasteiger partial charge in [-0.05, 0) is 96.5 Å². The minimum absolute atomic E-state index is 0.0167. The Morgan fingerprint density at radius 3 is 1.99 bits per heavy atom. The molecule has 10 atom stereocenters. The molecule has 2 rings (SSSR count). The minimum Gasteiger partial charge on any atom is -0.386 e. The molecular weight excluding hydrogens is 1010 g/mol. The molecule has 1 aliphatic heterocycles. The Balaban J connectivity index is 2.05. The van der Waals surface area contributed by atoms with E-state index < -0.39 is 65.4 Å². The second-order valence-corrected chi connectivity index (χ2v) is 23.7. The van der Waals surface area contributed by atoms with Gasteiger partial charge in [0.05, 0.1) is 72.5 Å². The quantitative estimate of drug-likeness (QED) is 0.0210. The van der Waals surface area contributed by atoms with Crippen LogP contribution in [0.25, 0.3) is 0 Å². The average molecular weight is 1120 g/mol. The molecule has 20 heteroatoms. The van der Waals surface area contributed by atoms with E-state index in [4.69, 9.17) is 24.8 Å². The molecule has 3 unspecified atom stereocenters. The predicted molar refractivity (Wildman–Crippen MR) is 306 cm³/mol.